The van der Waals surface area contributed by atoms with Gasteiger partial charge in [0, 0.05) is 13.1 Å². The van der Waals surface area contributed by atoms with Crippen molar-refractivity contribution in [3.8, 4) is 0 Å². The van der Waals surface area contributed by atoms with Crippen LogP contribution < -0.4 is 5.84 Å². The highest BCUT2D eigenvalue weighted by atomic mass is 15.4. The van der Waals surface area contributed by atoms with Crippen molar-refractivity contribution < 1.29 is 0 Å². The predicted molar refractivity (Wildman–Crippen MR) is 59.2 cm³/mol. The Morgan fingerprint density at radius 2 is 1.92 bits per heavy atom. The zero-order chi connectivity index (χ0) is 10.1. The van der Waals surface area contributed by atoms with Crippen LogP contribution in [0.15, 0.2) is 24.3 Å². The number of hydrogen-bond acceptors (Lipinski definition) is 2. The molecule has 0 fully saturated rings. The van der Waals surface area contributed by atoms with E-state index in [0.717, 1.165) is 19.3 Å². The molecule has 0 aromatic heterocycles. The van der Waals surface area contributed by atoms with Gasteiger partial charge in [-0.3, -0.25) is 5.84 Å². The first-order valence-electron chi connectivity index (χ1n) is 4.97. The summed E-state index contributed by atoms with van der Waals surface area (Å²) in [5.41, 5.74) is 0. The summed E-state index contributed by atoms with van der Waals surface area (Å²) >= 11 is 0. The fourth-order valence-electron chi connectivity index (χ4n) is 0.931. The van der Waals surface area contributed by atoms with Crippen molar-refractivity contribution in [2.24, 2.45) is 5.84 Å². The largest absolute Gasteiger partial charge is 0.269 e. The van der Waals surface area contributed by atoms with Gasteiger partial charge < -0.3 is 0 Å². The van der Waals surface area contributed by atoms with Gasteiger partial charge in [-0.1, -0.05) is 31.2 Å². The van der Waals surface area contributed by atoms with Crippen LogP contribution in [-0.4, -0.2) is 18.1 Å². The summed E-state index contributed by atoms with van der Waals surface area (Å²) in [6.45, 7) is 4.27. The van der Waals surface area contributed by atoms with Crippen molar-refractivity contribution in [3.05, 3.63) is 24.3 Å². The summed E-state index contributed by atoms with van der Waals surface area (Å²) in [5.74, 6) is 5.59. The molecule has 76 valence electrons. The Kier molecular flexibility index (Phi) is 7.65. The predicted octanol–water partition coefficient (Wildman–Crippen LogP) is 2.48. The minimum atomic E-state index is 0.458. The number of hydrogen-bond donors (Lipinski definition) is 1. The van der Waals surface area contributed by atoms with Gasteiger partial charge in [0.25, 0.3) is 0 Å². The molecule has 0 radical (unpaired) electrons. The average molecular weight is 182 g/mol. The Labute approximate surface area is 82.1 Å². The fourth-order valence-corrected chi connectivity index (χ4v) is 0.931. The molecule has 0 spiro atoms. The van der Waals surface area contributed by atoms with Crippen molar-refractivity contribution in [2.75, 3.05) is 7.05 Å². The van der Waals surface area contributed by atoms with Crippen LogP contribution >= 0.6 is 0 Å². The maximum absolute atomic E-state index is 5.59. The van der Waals surface area contributed by atoms with E-state index in [1.165, 1.54) is 0 Å². The summed E-state index contributed by atoms with van der Waals surface area (Å²) < 4.78 is 0. The van der Waals surface area contributed by atoms with Gasteiger partial charge >= 0.3 is 0 Å². The molecular weight excluding hydrogens is 160 g/mol. The zero-order valence-corrected chi connectivity index (χ0v) is 9.03. The molecule has 0 amide bonds. The van der Waals surface area contributed by atoms with Crippen molar-refractivity contribution in [1.82, 2.24) is 5.01 Å². The first kappa shape index (κ1) is 12.4. The van der Waals surface area contributed by atoms with E-state index >= 15 is 0 Å². The first-order valence-corrected chi connectivity index (χ1v) is 4.97. The number of allylic oxidation sites excluding steroid dienone is 4. The third-order valence-corrected chi connectivity index (χ3v) is 2.07. The van der Waals surface area contributed by atoms with E-state index in [1.54, 1.807) is 5.01 Å². The van der Waals surface area contributed by atoms with Gasteiger partial charge in [0.15, 0.2) is 0 Å². The molecule has 0 aliphatic heterocycles. The monoisotopic (exact) mass is 182 g/mol. The van der Waals surface area contributed by atoms with Crippen LogP contribution in [0.5, 0.6) is 0 Å². The second kappa shape index (κ2) is 8.02. The Hall–Kier alpha value is -0.600. The highest BCUT2D eigenvalue weighted by molar-refractivity contribution is 5.01. The number of nitrogens with two attached hydrogens (primary N) is 1. The maximum Gasteiger partial charge on any atom is 0.0212 e. The van der Waals surface area contributed by atoms with E-state index in [4.69, 9.17) is 5.84 Å². The lowest BCUT2D eigenvalue weighted by atomic mass is 10.1. The van der Waals surface area contributed by atoms with E-state index in [-0.39, 0.29) is 0 Å². The second-order valence-corrected chi connectivity index (χ2v) is 3.36. The van der Waals surface area contributed by atoms with Gasteiger partial charge in [-0.25, -0.2) is 5.01 Å². The molecule has 0 aromatic rings. The zero-order valence-electron chi connectivity index (χ0n) is 9.03. The van der Waals surface area contributed by atoms with Gasteiger partial charge in [0.2, 0.25) is 0 Å². The molecule has 2 heteroatoms. The first-order chi connectivity index (χ1) is 6.18. The molecule has 1 unspecified atom stereocenters. The second-order valence-electron chi connectivity index (χ2n) is 3.36. The summed E-state index contributed by atoms with van der Waals surface area (Å²) in [6, 6.07) is 0.458. The Morgan fingerprint density at radius 3 is 2.46 bits per heavy atom. The third kappa shape index (κ3) is 7.75. The smallest absolute Gasteiger partial charge is 0.0212 e. The Morgan fingerprint density at radius 1 is 1.31 bits per heavy atom. The molecule has 0 saturated carbocycles. The fraction of sp³-hybridized carbons (Fsp3) is 0.636. The van der Waals surface area contributed by atoms with Gasteiger partial charge in [-0.15, -0.1) is 0 Å². The molecule has 0 saturated heterocycles. The van der Waals surface area contributed by atoms with Crippen LogP contribution in [0.2, 0.25) is 0 Å². The number of hydrazine groups is 1. The summed E-state index contributed by atoms with van der Waals surface area (Å²) in [7, 11) is 1.91. The van der Waals surface area contributed by atoms with Gasteiger partial charge in [0.05, 0.1) is 0 Å². The van der Waals surface area contributed by atoms with Gasteiger partial charge in [0.1, 0.15) is 0 Å². The topological polar surface area (TPSA) is 29.3 Å². The lowest BCUT2D eigenvalue weighted by Crippen LogP contribution is -2.34. The maximum atomic E-state index is 5.59. The van der Waals surface area contributed by atoms with E-state index in [1.807, 2.05) is 7.05 Å². The molecule has 0 bridgehead atoms. The molecule has 1 atom stereocenters. The Balaban J connectivity index is 3.44. The van der Waals surface area contributed by atoms with E-state index in [2.05, 4.69) is 38.2 Å². The summed E-state index contributed by atoms with van der Waals surface area (Å²) in [5, 5.41) is 1.76. The highest BCUT2D eigenvalue weighted by Crippen LogP contribution is 2.01. The summed E-state index contributed by atoms with van der Waals surface area (Å²) in [4.78, 5) is 0. The van der Waals surface area contributed by atoms with Crippen molar-refractivity contribution in [2.45, 2.75) is 39.2 Å². The van der Waals surface area contributed by atoms with Crippen molar-refractivity contribution in [1.29, 1.82) is 0 Å². The van der Waals surface area contributed by atoms with E-state index in [0.29, 0.717) is 6.04 Å². The van der Waals surface area contributed by atoms with E-state index < -0.39 is 0 Å². The highest BCUT2D eigenvalue weighted by Gasteiger charge is 2.01. The van der Waals surface area contributed by atoms with Crippen LogP contribution in [0.25, 0.3) is 0 Å². The quantitative estimate of drug-likeness (QED) is 0.388. The summed E-state index contributed by atoms with van der Waals surface area (Å²) in [6.07, 6.45) is 11.8. The van der Waals surface area contributed by atoms with Crippen LogP contribution in [0.1, 0.15) is 33.1 Å². The minimum absolute atomic E-state index is 0.458. The van der Waals surface area contributed by atoms with Crippen LogP contribution in [0.3, 0.4) is 0 Å². The molecular formula is C11H22N2. The normalized spacial score (nSPS) is 14.8. The molecule has 0 rings (SSSR count). The standard InChI is InChI=1S/C11H22N2/c1-4-5-6-7-8-9-10-11(2)13(3)12/h5-8,11H,4,9-10,12H2,1-3H3/b6-5-,8-7-. The van der Waals surface area contributed by atoms with E-state index in [9.17, 15) is 0 Å². The van der Waals surface area contributed by atoms with Gasteiger partial charge in [-0.2, -0.15) is 0 Å². The molecule has 13 heavy (non-hydrogen) atoms. The number of nitrogens with zero attached hydrogens (tertiary/aromatic N) is 1. The Bertz CT molecular complexity index is 159. The van der Waals surface area contributed by atoms with Crippen molar-refractivity contribution in [3.63, 3.8) is 0 Å². The van der Waals surface area contributed by atoms with Crippen LogP contribution in [0.4, 0.5) is 0 Å². The SMILES string of the molecule is CC/C=C\C=C/CCC(C)N(C)N. The minimum Gasteiger partial charge on any atom is -0.269 e. The average Bonchev–Trinajstić information content (AvgIpc) is 2.10. The lowest BCUT2D eigenvalue weighted by molar-refractivity contribution is 0.255. The molecule has 2 nitrogen and oxygen atoms in total. The lowest BCUT2D eigenvalue weighted by Gasteiger charge is -2.17. The van der Waals surface area contributed by atoms with Gasteiger partial charge in [-0.05, 0) is 26.2 Å². The number of rotatable bonds is 6. The molecule has 0 aliphatic carbocycles. The van der Waals surface area contributed by atoms with Crippen molar-refractivity contribution >= 4 is 0 Å². The molecule has 2 N–H and O–H groups in total. The third-order valence-electron chi connectivity index (χ3n) is 2.07. The molecule has 0 aliphatic rings. The molecule has 0 heterocycles. The van der Waals surface area contributed by atoms with Crippen LogP contribution in [0, 0.1) is 0 Å². The van der Waals surface area contributed by atoms with Crippen LogP contribution in [-0.2, 0) is 0 Å². The molecule has 0 aromatic carbocycles.